The van der Waals surface area contributed by atoms with Gasteiger partial charge >= 0.3 is 5.97 Å². The summed E-state index contributed by atoms with van der Waals surface area (Å²) >= 11 is 0. The van der Waals surface area contributed by atoms with E-state index >= 15 is 0 Å². The van der Waals surface area contributed by atoms with Crippen molar-refractivity contribution >= 4 is 11.9 Å². The van der Waals surface area contributed by atoms with Crippen LogP contribution in [-0.2, 0) is 9.59 Å². The van der Waals surface area contributed by atoms with Gasteiger partial charge in [0.1, 0.15) is 5.41 Å². The van der Waals surface area contributed by atoms with E-state index < -0.39 is 17.3 Å². The first-order chi connectivity index (χ1) is 7.41. The zero-order chi connectivity index (χ0) is 12.3. The van der Waals surface area contributed by atoms with E-state index in [0.29, 0.717) is 6.54 Å². The van der Waals surface area contributed by atoms with Gasteiger partial charge in [-0.2, -0.15) is 5.26 Å². The van der Waals surface area contributed by atoms with Gasteiger partial charge in [0, 0.05) is 12.6 Å². The fraction of sp³-hybridized carbons (Fsp3) is 0.727. The standard InChI is InChI=1S/C11H16N2O3/c1-11(2,10(15)16)9(14)13(7-3-6-12)8-4-5-8/h8H,3-5,7H2,1-2H3,(H,15,16). The van der Waals surface area contributed by atoms with Crippen LogP contribution in [0.1, 0.15) is 33.1 Å². The molecule has 0 aromatic carbocycles. The Kier molecular flexibility index (Phi) is 3.53. The van der Waals surface area contributed by atoms with Gasteiger partial charge in [0.25, 0.3) is 0 Å². The second-order valence-corrected chi connectivity index (χ2v) is 4.57. The molecule has 1 fully saturated rings. The monoisotopic (exact) mass is 224 g/mol. The fourth-order valence-electron chi connectivity index (χ4n) is 1.46. The molecule has 1 rings (SSSR count). The molecule has 0 radical (unpaired) electrons. The highest BCUT2D eigenvalue weighted by Gasteiger charge is 2.43. The van der Waals surface area contributed by atoms with Gasteiger partial charge in [-0.25, -0.2) is 0 Å². The average Bonchev–Trinajstić information content (AvgIpc) is 3.01. The van der Waals surface area contributed by atoms with E-state index in [9.17, 15) is 9.59 Å². The highest BCUT2D eigenvalue weighted by atomic mass is 16.4. The number of aliphatic carboxylic acids is 1. The summed E-state index contributed by atoms with van der Waals surface area (Å²) in [5, 5.41) is 17.5. The van der Waals surface area contributed by atoms with Crippen molar-refractivity contribution in [3.05, 3.63) is 0 Å². The molecule has 1 saturated carbocycles. The van der Waals surface area contributed by atoms with Gasteiger partial charge in [-0.15, -0.1) is 0 Å². The number of carboxylic acid groups (broad SMARTS) is 1. The van der Waals surface area contributed by atoms with Crippen molar-refractivity contribution in [1.82, 2.24) is 4.90 Å². The van der Waals surface area contributed by atoms with Gasteiger partial charge in [-0.05, 0) is 26.7 Å². The lowest BCUT2D eigenvalue weighted by Crippen LogP contribution is -2.46. The third kappa shape index (κ3) is 2.51. The molecule has 0 atom stereocenters. The lowest BCUT2D eigenvalue weighted by Gasteiger charge is -2.28. The SMILES string of the molecule is CC(C)(C(=O)O)C(=O)N(CCC#N)C1CC1. The largest absolute Gasteiger partial charge is 0.480 e. The van der Waals surface area contributed by atoms with E-state index in [1.54, 1.807) is 0 Å². The normalized spacial score (nSPS) is 15.3. The van der Waals surface area contributed by atoms with E-state index in [0.717, 1.165) is 12.8 Å². The summed E-state index contributed by atoms with van der Waals surface area (Å²) in [5.41, 5.74) is -1.40. The van der Waals surface area contributed by atoms with Crippen molar-refractivity contribution < 1.29 is 14.7 Å². The van der Waals surface area contributed by atoms with Gasteiger partial charge < -0.3 is 10.0 Å². The summed E-state index contributed by atoms with van der Waals surface area (Å²) in [5.74, 6) is -1.52. The Bertz CT molecular complexity index is 340. The van der Waals surface area contributed by atoms with Crippen molar-refractivity contribution in [2.45, 2.75) is 39.2 Å². The summed E-state index contributed by atoms with van der Waals surface area (Å²) in [7, 11) is 0. The van der Waals surface area contributed by atoms with E-state index in [1.807, 2.05) is 6.07 Å². The number of carbonyl (C=O) groups is 2. The molecule has 0 aromatic heterocycles. The molecular formula is C11H16N2O3. The summed E-state index contributed by atoms with van der Waals surface area (Å²) in [6.45, 7) is 3.13. The van der Waals surface area contributed by atoms with Crippen LogP contribution >= 0.6 is 0 Å². The minimum Gasteiger partial charge on any atom is -0.480 e. The van der Waals surface area contributed by atoms with Crippen LogP contribution in [0.4, 0.5) is 0 Å². The van der Waals surface area contributed by atoms with E-state index in [4.69, 9.17) is 10.4 Å². The van der Waals surface area contributed by atoms with E-state index in [-0.39, 0.29) is 12.5 Å². The van der Waals surface area contributed by atoms with E-state index in [2.05, 4.69) is 0 Å². The molecule has 1 amide bonds. The number of nitriles is 1. The van der Waals surface area contributed by atoms with Crippen molar-refractivity contribution in [3.8, 4) is 6.07 Å². The van der Waals surface area contributed by atoms with Crippen LogP contribution in [0.5, 0.6) is 0 Å². The predicted octanol–water partition coefficient (Wildman–Crippen LogP) is 1.00. The van der Waals surface area contributed by atoms with Crippen LogP contribution in [0.25, 0.3) is 0 Å². The third-order valence-corrected chi connectivity index (χ3v) is 2.78. The first-order valence-electron chi connectivity index (χ1n) is 5.32. The third-order valence-electron chi connectivity index (χ3n) is 2.78. The zero-order valence-corrected chi connectivity index (χ0v) is 9.56. The first-order valence-corrected chi connectivity index (χ1v) is 5.32. The molecule has 0 unspecified atom stereocenters. The number of hydrogen-bond acceptors (Lipinski definition) is 3. The van der Waals surface area contributed by atoms with Gasteiger partial charge in [0.2, 0.25) is 5.91 Å². The van der Waals surface area contributed by atoms with E-state index in [1.165, 1.54) is 18.7 Å². The number of amides is 1. The summed E-state index contributed by atoms with van der Waals surface area (Å²) in [6, 6.07) is 2.11. The molecule has 16 heavy (non-hydrogen) atoms. The minimum atomic E-state index is -1.40. The molecule has 0 heterocycles. The number of hydrogen-bond donors (Lipinski definition) is 1. The molecule has 0 saturated heterocycles. The van der Waals surface area contributed by atoms with Gasteiger partial charge in [0.05, 0.1) is 12.5 Å². The Morgan fingerprint density at radius 2 is 2.06 bits per heavy atom. The quantitative estimate of drug-likeness (QED) is 0.706. The molecule has 1 N–H and O–H groups in total. The summed E-state index contributed by atoms with van der Waals surface area (Å²) < 4.78 is 0. The van der Waals surface area contributed by atoms with Gasteiger partial charge in [-0.1, -0.05) is 0 Å². The minimum absolute atomic E-state index is 0.138. The van der Waals surface area contributed by atoms with Crippen molar-refractivity contribution in [3.63, 3.8) is 0 Å². The highest BCUT2D eigenvalue weighted by Crippen LogP contribution is 2.31. The molecule has 5 heteroatoms. The summed E-state index contributed by atoms with van der Waals surface area (Å²) in [4.78, 5) is 24.5. The molecule has 1 aliphatic carbocycles. The van der Waals surface area contributed by atoms with Gasteiger partial charge in [0.15, 0.2) is 0 Å². The van der Waals surface area contributed by atoms with Crippen molar-refractivity contribution in [2.24, 2.45) is 5.41 Å². The van der Waals surface area contributed by atoms with Crippen LogP contribution in [0.2, 0.25) is 0 Å². The molecule has 1 aliphatic rings. The second kappa shape index (κ2) is 4.52. The van der Waals surface area contributed by atoms with Crippen LogP contribution in [0.3, 0.4) is 0 Å². The molecule has 0 spiro atoms. The lowest BCUT2D eigenvalue weighted by atomic mass is 9.91. The Labute approximate surface area is 94.7 Å². The first kappa shape index (κ1) is 12.5. The number of carbonyl (C=O) groups excluding carboxylic acids is 1. The maximum Gasteiger partial charge on any atom is 0.318 e. The summed E-state index contributed by atoms with van der Waals surface area (Å²) in [6.07, 6.45) is 2.07. The lowest BCUT2D eigenvalue weighted by molar-refractivity contribution is -0.158. The Morgan fingerprint density at radius 3 is 2.44 bits per heavy atom. The fourth-order valence-corrected chi connectivity index (χ4v) is 1.46. The smallest absolute Gasteiger partial charge is 0.318 e. The molecular weight excluding hydrogens is 208 g/mol. The van der Waals surface area contributed by atoms with Crippen LogP contribution in [-0.4, -0.2) is 34.5 Å². The second-order valence-electron chi connectivity index (χ2n) is 4.57. The Hall–Kier alpha value is -1.57. The number of nitrogens with zero attached hydrogens (tertiary/aromatic N) is 2. The maximum absolute atomic E-state index is 12.0. The number of carboxylic acids is 1. The van der Waals surface area contributed by atoms with Crippen LogP contribution < -0.4 is 0 Å². The van der Waals surface area contributed by atoms with Gasteiger partial charge in [-0.3, -0.25) is 9.59 Å². The number of rotatable bonds is 5. The molecule has 0 bridgehead atoms. The van der Waals surface area contributed by atoms with Crippen molar-refractivity contribution in [1.29, 1.82) is 5.26 Å². The zero-order valence-electron chi connectivity index (χ0n) is 9.56. The molecule has 0 aliphatic heterocycles. The average molecular weight is 224 g/mol. The maximum atomic E-state index is 12.0. The Morgan fingerprint density at radius 1 is 1.50 bits per heavy atom. The van der Waals surface area contributed by atoms with Crippen molar-refractivity contribution in [2.75, 3.05) is 6.54 Å². The molecule has 0 aromatic rings. The van der Waals surface area contributed by atoms with Crippen LogP contribution in [0, 0.1) is 16.7 Å². The molecule has 5 nitrogen and oxygen atoms in total. The predicted molar refractivity (Wildman–Crippen MR) is 56.4 cm³/mol. The topological polar surface area (TPSA) is 81.4 Å². The van der Waals surface area contributed by atoms with Crippen LogP contribution in [0.15, 0.2) is 0 Å². The highest BCUT2D eigenvalue weighted by molar-refractivity contribution is 6.01. The Balaban J connectivity index is 2.75. The molecule has 88 valence electrons.